The molecule has 0 radical (unpaired) electrons. The third-order valence-corrected chi connectivity index (χ3v) is 11.8. The van der Waals surface area contributed by atoms with Crippen LogP contribution >= 0.6 is 0 Å². The summed E-state index contributed by atoms with van der Waals surface area (Å²) in [6.45, 7) is 2.36. The van der Waals surface area contributed by atoms with Gasteiger partial charge in [0.25, 0.3) is 0 Å². The molecule has 3 heteroatoms. The quantitative estimate of drug-likeness (QED) is 0.171. The summed E-state index contributed by atoms with van der Waals surface area (Å²) in [4.78, 5) is 10.4. The fraction of sp³-hybridized carbons (Fsp3) is 0.0370. The van der Waals surface area contributed by atoms with Crippen molar-refractivity contribution in [2.75, 3.05) is 0 Å². The molecule has 268 valence electrons. The predicted molar refractivity (Wildman–Crippen MR) is 234 cm³/mol. The molecule has 2 heterocycles. The van der Waals surface area contributed by atoms with Crippen LogP contribution in [0.1, 0.15) is 23.6 Å². The van der Waals surface area contributed by atoms with Gasteiger partial charge in [0.15, 0.2) is 5.82 Å². The third-order valence-electron chi connectivity index (χ3n) is 11.8. The highest BCUT2D eigenvalue weighted by atomic mass is 16.3. The minimum absolute atomic E-state index is 0.302. The summed E-state index contributed by atoms with van der Waals surface area (Å²) in [5, 5.41) is 2.28. The lowest BCUT2D eigenvalue weighted by Gasteiger charge is -2.28. The van der Waals surface area contributed by atoms with E-state index in [9.17, 15) is 0 Å². The van der Waals surface area contributed by atoms with Gasteiger partial charge in [-0.3, -0.25) is 0 Å². The first-order valence-electron chi connectivity index (χ1n) is 19.5. The number of hydrogen-bond acceptors (Lipinski definition) is 3. The van der Waals surface area contributed by atoms with Crippen LogP contribution in [-0.2, 0) is 5.41 Å². The molecule has 2 aromatic heterocycles. The van der Waals surface area contributed by atoms with Gasteiger partial charge in [0.2, 0.25) is 0 Å². The lowest BCUT2D eigenvalue weighted by Crippen LogP contribution is -2.22. The van der Waals surface area contributed by atoms with Gasteiger partial charge in [0, 0.05) is 32.9 Å². The van der Waals surface area contributed by atoms with Gasteiger partial charge in [-0.05, 0) is 87.3 Å². The summed E-state index contributed by atoms with van der Waals surface area (Å²) in [5.41, 5.74) is 17.4. The smallest absolute Gasteiger partial charge is 0.160 e. The van der Waals surface area contributed by atoms with E-state index in [2.05, 4.69) is 171 Å². The number of benzene rings is 8. The largest absolute Gasteiger partial charge is 0.456 e. The Hall–Kier alpha value is -7.36. The Bertz CT molecular complexity index is 3130. The second kappa shape index (κ2) is 13.1. The maximum Gasteiger partial charge on any atom is 0.160 e. The Morgan fingerprint density at radius 3 is 1.79 bits per heavy atom. The standard InChI is InChI=1S/C54H36N2O/c1-54(41-18-6-3-7-19-41)46-23-10-8-20-43(46)44-31-30-40(33-47(44)54)49-34-48(55-53(56-49)37-14-4-2-5-15-37)39-17-12-16-38(32-39)35-26-28-36(29-27-35)42-22-13-25-51-52(42)45-21-9-11-24-50(45)57-51/h2-34H,1H3. The molecule has 1 atom stereocenters. The monoisotopic (exact) mass is 728 g/mol. The maximum atomic E-state index is 6.19. The van der Waals surface area contributed by atoms with E-state index < -0.39 is 0 Å². The van der Waals surface area contributed by atoms with Crippen molar-refractivity contribution in [2.24, 2.45) is 0 Å². The molecule has 1 unspecified atom stereocenters. The van der Waals surface area contributed by atoms with Crippen molar-refractivity contribution >= 4 is 21.9 Å². The van der Waals surface area contributed by atoms with Gasteiger partial charge in [0.05, 0.1) is 11.4 Å². The van der Waals surface area contributed by atoms with Crippen LogP contribution in [0.4, 0.5) is 0 Å². The molecular weight excluding hydrogens is 693 g/mol. The highest BCUT2D eigenvalue weighted by Crippen LogP contribution is 2.53. The summed E-state index contributed by atoms with van der Waals surface area (Å²) < 4.78 is 6.19. The highest BCUT2D eigenvalue weighted by molar-refractivity contribution is 6.12. The van der Waals surface area contributed by atoms with Crippen molar-refractivity contribution in [1.29, 1.82) is 0 Å². The van der Waals surface area contributed by atoms with Crippen molar-refractivity contribution < 1.29 is 4.42 Å². The molecule has 0 saturated carbocycles. The molecule has 0 amide bonds. The second-order valence-electron chi connectivity index (χ2n) is 15.1. The Morgan fingerprint density at radius 2 is 0.965 bits per heavy atom. The molecule has 0 N–H and O–H groups in total. The number of aromatic nitrogens is 2. The van der Waals surface area contributed by atoms with Crippen LogP contribution in [0, 0.1) is 0 Å². The van der Waals surface area contributed by atoms with E-state index in [-0.39, 0.29) is 5.41 Å². The molecule has 11 rings (SSSR count). The summed E-state index contributed by atoms with van der Waals surface area (Å²) in [6, 6.07) is 71.1. The van der Waals surface area contributed by atoms with Crippen LogP contribution in [0.15, 0.2) is 205 Å². The summed E-state index contributed by atoms with van der Waals surface area (Å²) in [5.74, 6) is 0.702. The van der Waals surface area contributed by atoms with E-state index in [4.69, 9.17) is 14.4 Å². The Kier molecular flexibility index (Phi) is 7.61. The Balaban J connectivity index is 1.00. The van der Waals surface area contributed by atoms with Gasteiger partial charge < -0.3 is 4.42 Å². The lowest BCUT2D eigenvalue weighted by molar-refractivity contribution is 0.669. The summed E-state index contributed by atoms with van der Waals surface area (Å²) in [7, 11) is 0. The molecule has 0 saturated heterocycles. The van der Waals surface area contributed by atoms with E-state index in [1.807, 2.05) is 36.4 Å². The van der Waals surface area contributed by atoms with Crippen LogP contribution in [-0.4, -0.2) is 9.97 Å². The first-order chi connectivity index (χ1) is 28.1. The molecule has 10 aromatic rings. The Labute approximate surface area is 331 Å². The van der Waals surface area contributed by atoms with E-state index in [1.165, 1.54) is 33.4 Å². The third kappa shape index (κ3) is 5.43. The van der Waals surface area contributed by atoms with Crippen molar-refractivity contribution in [1.82, 2.24) is 9.97 Å². The molecule has 3 nitrogen and oxygen atoms in total. The predicted octanol–water partition coefficient (Wildman–Crippen LogP) is 14.0. The van der Waals surface area contributed by atoms with Gasteiger partial charge in [-0.15, -0.1) is 0 Å². The summed E-state index contributed by atoms with van der Waals surface area (Å²) in [6.07, 6.45) is 0. The molecular formula is C54H36N2O. The van der Waals surface area contributed by atoms with Crippen molar-refractivity contribution in [3.8, 4) is 67.3 Å². The molecule has 0 spiro atoms. The van der Waals surface area contributed by atoms with Gasteiger partial charge >= 0.3 is 0 Å². The zero-order valence-corrected chi connectivity index (χ0v) is 31.4. The molecule has 0 aliphatic heterocycles. The molecule has 1 aliphatic carbocycles. The van der Waals surface area contributed by atoms with Crippen LogP contribution in [0.3, 0.4) is 0 Å². The number of furan rings is 1. The maximum absolute atomic E-state index is 6.19. The Morgan fingerprint density at radius 1 is 0.386 bits per heavy atom. The highest BCUT2D eigenvalue weighted by Gasteiger charge is 2.40. The SMILES string of the molecule is CC1(c2ccccc2)c2ccccc2-c2ccc(-c3cc(-c4cccc(-c5ccc(-c6cccc7oc8ccccc8c67)cc5)c4)nc(-c4ccccc4)n3)cc21. The van der Waals surface area contributed by atoms with E-state index >= 15 is 0 Å². The van der Waals surface area contributed by atoms with Crippen molar-refractivity contribution in [2.45, 2.75) is 12.3 Å². The lowest BCUT2D eigenvalue weighted by atomic mass is 9.74. The van der Waals surface area contributed by atoms with Crippen LogP contribution < -0.4 is 0 Å². The van der Waals surface area contributed by atoms with Gasteiger partial charge in [-0.25, -0.2) is 9.97 Å². The first-order valence-corrected chi connectivity index (χ1v) is 19.5. The topological polar surface area (TPSA) is 38.9 Å². The fourth-order valence-electron chi connectivity index (χ4n) is 8.91. The van der Waals surface area contributed by atoms with Crippen LogP contribution in [0.2, 0.25) is 0 Å². The molecule has 1 aliphatic rings. The molecule has 57 heavy (non-hydrogen) atoms. The molecule has 8 aromatic carbocycles. The number of rotatable bonds is 6. The average Bonchev–Trinajstić information content (AvgIpc) is 3.80. The number of para-hydroxylation sites is 1. The van der Waals surface area contributed by atoms with E-state index in [1.54, 1.807) is 0 Å². The second-order valence-corrected chi connectivity index (χ2v) is 15.1. The first kappa shape index (κ1) is 33.0. The van der Waals surface area contributed by atoms with E-state index in [0.29, 0.717) is 5.82 Å². The molecule has 0 bridgehead atoms. The zero-order chi connectivity index (χ0) is 37.9. The number of hydrogen-bond donors (Lipinski definition) is 0. The van der Waals surface area contributed by atoms with Gasteiger partial charge in [-0.2, -0.15) is 0 Å². The van der Waals surface area contributed by atoms with E-state index in [0.717, 1.165) is 66.7 Å². The average molecular weight is 729 g/mol. The van der Waals surface area contributed by atoms with Gasteiger partial charge in [0.1, 0.15) is 11.2 Å². The van der Waals surface area contributed by atoms with Gasteiger partial charge in [-0.1, -0.05) is 170 Å². The number of fused-ring (bicyclic) bond motifs is 6. The minimum atomic E-state index is -0.302. The fourth-order valence-corrected chi connectivity index (χ4v) is 8.91. The molecule has 0 fully saturated rings. The van der Waals surface area contributed by atoms with Crippen LogP contribution in [0.25, 0.3) is 89.2 Å². The summed E-state index contributed by atoms with van der Waals surface area (Å²) >= 11 is 0. The number of nitrogens with zero attached hydrogens (tertiary/aromatic N) is 2. The van der Waals surface area contributed by atoms with Crippen molar-refractivity contribution in [3.05, 3.63) is 217 Å². The van der Waals surface area contributed by atoms with Crippen LogP contribution in [0.5, 0.6) is 0 Å². The van der Waals surface area contributed by atoms with Crippen molar-refractivity contribution in [3.63, 3.8) is 0 Å². The normalized spacial score (nSPS) is 14.5. The zero-order valence-electron chi connectivity index (χ0n) is 31.4. The minimum Gasteiger partial charge on any atom is -0.456 e.